The van der Waals surface area contributed by atoms with E-state index in [0.717, 1.165) is 5.69 Å². The molecule has 0 amide bonds. The summed E-state index contributed by atoms with van der Waals surface area (Å²) in [5.41, 5.74) is 1.30. The van der Waals surface area contributed by atoms with E-state index in [2.05, 4.69) is 15.1 Å². The molecule has 0 aliphatic rings. The Hall–Kier alpha value is -2.17. The molecule has 2 rings (SSSR count). The number of aromatic nitrogens is 3. The summed E-state index contributed by atoms with van der Waals surface area (Å²) >= 11 is 0. The third kappa shape index (κ3) is 2.01. The van der Waals surface area contributed by atoms with Crippen molar-refractivity contribution in [3.05, 3.63) is 52.5 Å². The molecule has 15 heavy (non-hydrogen) atoms. The van der Waals surface area contributed by atoms with Crippen molar-refractivity contribution in [3.8, 4) is 0 Å². The molecule has 2 aromatic heterocycles. The summed E-state index contributed by atoms with van der Waals surface area (Å²) < 4.78 is 1.29. The second-order valence-electron chi connectivity index (χ2n) is 3.09. The van der Waals surface area contributed by atoms with Crippen LogP contribution in [-0.4, -0.2) is 20.9 Å². The van der Waals surface area contributed by atoms with E-state index in [1.54, 1.807) is 44.0 Å². The van der Waals surface area contributed by atoms with E-state index < -0.39 is 0 Å². The Morgan fingerprint density at radius 1 is 1.60 bits per heavy atom. The van der Waals surface area contributed by atoms with Crippen molar-refractivity contribution < 1.29 is 0 Å². The van der Waals surface area contributed by atoms with Crippen molar-refractivity contribution in [1.82, 2.24) is 14.6 Å². The molecule has 1 N–H and O–H groups in total. The zero-order valence-corrected chi connectivity index (χ0v) is 8.21. The fourth-order valence-corrected chi connectivity index (χ4v) is 1.14. The van der Waals surface area contributed by atoms with Gasteiger partial charge in [-0.1, -0.05) is 6.07 Å². The average molecular weight is 202 g/mol. The van der Waals surface area contributed by atoms with Crippen molar-refractivity contribution >= 4 is 6.21 Å². The van der Waals surface area contributed by atoms with Gasteiger partial charge in [0.1, 0.15) is 0 Å². The quantitative estimate of drug-likeness (QED) is 0.731. The van der Waals surface area contributed by atoms with E-state index in [1.165, 1.54) is 4.68 Å². The van der Waals surface area contributed by atoms with E-state index in [1.807, 2.05) is 0 Å². The molecule has 76 valence electrons. The first-order chi connectivity index (χ1) is 7.27. The SMILES string of the molecule is Cc1cccn(N=Cc2cnc[nH]2)c1=O. The first-order valence-corrected chi connectivity index (χ1v) is 4.48. The largest absolute Gasteiger partial charge is 0.344 e. The van der Waals surface area contributed by atoms with Crippen LogP contribution < -0.4 is 5.56 Å². The van der Waals surface area contributed by atoms with Crippen LogP contribution in [0.15, 0.2) is 40.7 Å². The summed E-state index contributed by atoms with van der Waals surface area (Å²) in [7, 11) is 0. The molecule has 0 aliphatic heterocycles. The topological polar surface area (TPSA) is 63.0 Å². The second kappa shape index (κ2) is 3.91. The normalized spacial score (nSPS) is 11.0. The van der Waals surface area contributed by atoms with Gasteiger partial charge in [0.25, 0.3) is 5.56 Å². The Morgan fingerprint density at radius 3 is 3.20 bits per heavy atom. The van der Waals surface area contributed by atoms with E-state index in [-0.39, 0.29) is 5.56 Å². The molecule has 0 saturated heterocycles. The molecule has 0 bridgehead atoms. The Bertz CT molecular complexity index is 525. The van der Waals surface area contributed by atoms with Crippen LogP contribution in [0.4, 0.5) is 0 Å². The number of aromatic amines is 1. The van der Waals surface area contributed by atoms with Gasteiger partial charge in [0.05, 0.1) is 24.4 Å². The Morgan fingerprint density at radius 2 is 2.47 bits per heavy atom. The first kappa shape index (κ1) is 9.39. The van der Waals surface area contributed by atoms with Crippen LogP contribution in [0, 0.1) is 6.92 Å². The van der Waals surface area contributed by atoms with Crippen LogP contribution in [-0.2, 0) is 0 Å². The number of pyridine rings is 1. The maximum atomic E-state index is 11.6. The Kier molecular flexibility index (Phi) is 2.45. The number of hydrogen-bond donors (Lipinski definition) is 1. The van der Waals surface area contributed by atoms with E-state index >= 15 is 0 Å². The lowest BCUT2D eigenvalue weighted by Gasteiger charge is -1.97. The van der Waals surface area contributed by atoms with Gasteiger partial charge in [0, 0.05) is 11.8 Å². The van der Waals surface area contributed by atoms with Crippen molar-refractivity contribution in [2.45, 2.75) is 6.92 Å². The average Bonchev–Trinajstić information content (AvgIpc) is 2.73. The molecular formula is C10H10N4O. The lowest BCUT2D eigenvalue weighted by atomic mass is 10.3. The summed E-state index contributed by atoms with van der Waals surface area (Å²) in [6.07, 6.45) is 6.35. The molecule has 0 aromatic carbocycles. The zero-order valence-electron chi connectivity index (χ0n) is 8.21. The summed E-state index contributed by atoms with van der Waals surface area (Å²) in [5.74, 6) is 0. The van der Waals surface area contributed by atoms with Crippen LogP contribution in [0.1, 0.15) is 11.3 Å². The molecule has 0 aliphatic carbocycles. The predicted molar refractivity (Wildman–Crippen MR) is 57.0 cm³/mol. The lowest BCUT2D eigenvalue weighted by Crippen LogP contribution is -2.17. The monoisotopic (exact) mass is 202 g/mol. The van der Waals surface area contributed by atoms with Crippen LogP contribution >= 0.6 is 0 Å². The first-order valence-electron chi connectivity index (χ1n) is 4.48. The molecule has 0 unspecified atom stereocenters. The van der Waals surface area contributed by atoms with Gasteiger partial charge in [-0.25, -0.2) is 9.66 Å². The fraction of sp³-hybridized carbons (Fsp3) is 0.100. The molecular weight excluding hydrogens is 192 g/mol. The van der Waals surface area contributed by atoms with E-state index in [9.17, 15) is 4.79 Å². The van der Waals surface area contributed by atoms with E-state index in [4.69, 9.17) is 0 Å². The van der Waals surface area contributed by atoms with Crippen LogP contribution in [0.25, 0.3) is 0 Å². The molecule has 0 saturated carbocycles. The molecule has 5 heteroatoms. The minimum Gasteiger partial charge on any atom is -0.344 e. The number of imidazole rings is 1. The predicted octanol–water partition coefficient (Wildman–Crippen LogP) is 0.762. The summed E-state index contributed by atoms with van der Waals surface area (Å²) in [6, 6.07) is 3.53. The lowest BCUT2D eigenvalue weighted by molar-refractivity contribution is 0.822. The second-order valence-corrected chi connectivity index (χ2v) is 3.09. The van der Waals surface area contributed by atoms with Crippen molar-refractivity contribution in [3.63, 3.8) is 0 Å². The number of nitrogens with one attached hydrogen (secondary N) is 1. The maximum Gasteiger partial charge on any atom is 0.273 e. The molecule has 5 nitrogen and oxygen atoms in total. The highest BCUT2D eigenvalue weighted by molar-refractivity contribution is 5.76. The Balaban J connectivity index is 2.33. The molecule has 0 radical (unpaired) electrons. The number of nitrogens with zero attached hydrogens (tertiary/aromatic N) is 3. The highest BCUT2D eigenvalue weighted by Gasteiger charge is 1.95. The number of aryl methyl sites for hydroxylation is 1. The molecule has 2 heterocycles. The maximum absolute atomic E-state index is 11.6. The number of rotatable bonds is 2. The molecule has 0 atom stereocenters. The van der Waals surface area contributed by atoms with Gasteiger partial charge < -0.3 is 4.98 Å². The zero-order chi connectivity index (χ0) is 10.7. The van der Waals surface area contributed by atoms with Crippen molar-refractivity contribution in [1.29, 1.82) is 0 Å². The van der Waals surface area contributed by atoms with Crippen LogP contribution in [0.2, 0.25) is 0 Å². The van der Waals surface area contributed by atoms with Gasteiger partial charge in [-0.3, -0.25) is 4.79 Å². The third-order valence-electron chi connectivity index (χ3n) is 1.96. The Labute approximate surface area is 86.1 Å². The van der Waals surface area contributed by atoms with Crippen molar-refractivity contribution in [2.75, 3.05) is 0 Å². The fourth-order valence-electron chi connectivity index (χ4n) is 1.14. The standard InChI is InChI=1S/C10H10N4O/c1-8-3-2-4-14(10(8)15)13-6-9-5-11-7-12-9/h2-7H,1H3,(H,11,12). The highest BCUT2D eigenvalue weighted by Crippen LogP contribution is 1.90. The minimum absolute atomic E-state index is 0.117. The van der Waals surface area contributed by atoms with Crippen LogP contribution in [0.5, 0.6) is 0 Å². The van der Waals surface area contributed by atoms with Gasteiger partial charge in [-0.2, -0.15) is 5.10 Å². The van der Waals surface area contributed by atoms with E-state index in [0.29, 0.717) is 5.56 Å². The highest BCUT2D eigenvalue weighted by atomic mass is 16.1. The summed E-state index contributed by atoms with van der Waals surface area (Å²) in [4.78, 5) is 18.3. The van der Waals surface area contributed by atoms with Gasteiger partial charge in [-0.05, 0) is 13.0 Å². The van der Waals surface area contributed by atoms with Gasteiger partial charge in [0.15, 0.2) is 0 Å². The van der Waals surface area contributed by atoms with Crippen molar-refractivity contribution in [2.24, 2.45) is 5.10 Å². The molecule has 2 aromatic rings. The third-order valence-corrected chi connectivity index (χ3v) is 1.96. The van der Waals surface area contributed by atoms with Gasteiger partial charge >= 0.3 is 0 Å². The smallest absolute Gasteiger partial charge is 0.273 e. The summed E-state index contributed by atoms with van der Waals surface area (Å²) in [5, 5.41) is 4.02. The van der Waals surface area contributed by atoms with Gasteiger partial charge in [-0.15, -0.1) is 0 Å². The number of H-pyrrole nitrogens is 1. The minimum atomic E-state index is -0.117. The van der Waals surface area contributed by atoms with Crippen LogP contribution in [0.3, 0.4) is 0 Å². The molecule has 0 spiro atoms. The molecule has 0 fully saturated rings. The summed E-state index contributed by atoms with van der Waals surface area (Å²) in [6.45, 7) is 1.75. The van der Waals surface area contributed by atoms with Gasteiger partial charge in [0.2, 0.25) is 0 Å². The number of hydrogen-bond acceptors (Lipinski definition) is 3.